The highest BCUT2D eigenvalue weighted by atomic mass is 19.4. The number of hydrogen-bond acceptors (Lipinski definition) is 2. The van der Waals surface area contributed by atoms with Gasteiger partial charge in [0.15, 0.2) is 0 Å². The lowest BCUT2D eigenvalue weighted by Gasteiger charge is -2.29. The van der Waals surface area contributed by atoms with Gasteiger partial charge in [-0.2, -0.15) is 13.2 Å². The summed E-state index contributed by atoms with van der Waals surface area (Å²) >= 11 is 0. The quantitative estimate of drug-likeness (QED) is 0.699. The van der Waals surface area contributed by atoms with E-state index in [1.807, 2.05) is 5.32 Å². The van der Waals surface area contributed by atoms with Crippen molar-refractivity contribution < 1.29 is 23.1 Å². The minimum Gasteiger partial charge on any atom is -0.396 e. The Balaban J connectivity index is 2.55. The first-order chi connectivity index (χ1) is 9.51. The average molecular weight is 308 g/mol. The van der Waals surface area contributed by atoms with Crippen molar-refractivity contribution in [1.29, 1.82) is 0 Å². The van der Waals surface area contributed by atoms with Crippen molar-refractivity contribution in [3.8, 4) is 0 Å². The summed E-state index contributed by atoms with van der Waals surface area (Å²) in [5.74, 6) is -0.0525. The van der Waals surface area contributed by atoms with Gasteiger partial charge in [0.05, 0.1) is 0 Å². The number of halogens is 3. The van der Waals surface area contributed by atoms with E-state index in [1.165, 1.54) is 0 Å². The number of alkyl halides is 3. The van der Waals surface area contributed by atoms with Gasteiger partial charge in [-0.25, -0.2) is 4.79 Å². The molecule has 0 saturated heterocycles. The first-order valence-corrected chi connectivity index (χ1v) is 6.94. The van der Waals surface area contributed by atoms with E-state index in [1.54, 1.807) is 32.9 Å². The number of carbonyl (C=O) groups excluding carboxylic acids is 1. The minimum absolute atomic E-state index is 0.0362. The van der Waals surface area contributed by atoms with Gasteiger partial charge in [0.25, 0.3) is 0 Å². The summed E-state index contributed by atoms with van der Waals surface area (Å²) in [6.45, 7) is 5.04. The predicted octanol–water partition coefficient (Wildman–Crippen LogP) is 2.59. The van der Waals surface area contributed by atoms with Crippen LogP contribution in [0, 0.1) is 11.3 Å². The van der Waals surface area contributed by atoms with Crippen molar-refractivity contribution in [2.45, 2.75) is 51.9 Å². The second-order valence-corrected chi connectivity index (χ2v) is 6.65. The van der Waals surface area contributed by atoms with Crippen LogP contribution in [-0.4, -0.2) is 36.0 Å². The molecule has 0 aromatic rings. The van der Waals surface area contributed by atoms with Gasteiger partial charge in [0.1, 0.15) is 6.04 Å². The summed E-state index contributed by atoms with van der Waals surface area (Å²) in [7, 11) is 0. The number of carbonyl (C=O) groups is 1. The van der Waals surface area contributed by atoms with E-state index in [9.17, 15) is 18.0 Å². The molecule has 3 N–H and O–H groups in total. The second-order valence-electron chi connectivity index (χ2n) is 6.65. The first kappa shape index (κ1) is 17.8. The van der Waals surface area contributed by atoms with E-state index in [0.29, 0.717) is 6.42 Å². The van der Waals surface area contributed by atoms with Crippen LogP contribution < -0.4 is 10.6 Å². The lowest BCUT2D eigenvalue weighted by Crippen LogP contribution is -2.52. The maximum Gasteiger partial charge on any atom is 0.408 e. The molecule has 21 heavy (non-hydrogen) atoms. The minimum atomic E-state index is -4.48. The van der Waals surface area contributed by atoms with E-state index < -0.39 is 23.7 Å². The molecule has 1 aliphatic carbocycles. The second kappa shape index (κ2) is 6.68. The van der Waals surface area contributed by atoms with Crippen molar-refractivity contribution in [3.05, 3.63) is 12.2 Å². The van der Waals surface area contributed by atoms with Gasteiger partial charge >= 0.3 is 12.2 Å². The molecular weight excluding hydrogens is 285 g/mol. The monoisotopic (exact) mass is 308 g/mol. The maximum absolute atomic E-state index is 13.0. The molecule has 0 spiro atoms. The van der Waals surface area contributed by atoms with Gasteiger partial charge < -0.3 is 15.7 Å². The molecule has 4 nitrogen and oxygen atoms in total. The molecule has 0 unspecified atom stereocenters. The number of amides is 2. The summed E-state index contributed by atoms with van der Waals surface area (Å²) in [4.78, 5) is 11.7. The van der Waals surface area contributed by atoms with Crippen LogP contribution in [0.5, 0.6) is 0 Å². The molecular formula is C14H23F3N2O2. The number of urea groups is 1. The van der Waals surface area contributed by atoms with Crippen LogP contribution in [0.25, 0.3) is 0 Å². The fraction of sp³-hybridized carbons (Fsp3) is 0.786. The Labute approximate surface area is 122 Å². The zero-order valence-electron chi connectivity index (χ0n) is 12.5. The summed E-state index contributed by atoms with van der Waals surface area (Å²) in [6.07, 6.45) is -0.735. The van der Waals surface area contributed by atoms with Crippen molar-refractivity contribution in [2.75, 3.05) is 6.61 Å². The molecule has 0 aromatic carbocycles. The summed E-state index contributed by atoms with van der Waals surface area (Å²) in [6, 6.07) is -3.06. The molecule has 1 rings (SSSR count). The SMILES string of the molecule is CC(C)(C)C[C@@H](NC(=O)N[C@@H]1C=C[C@H](CO)C1)C(F)(F)F. The Kier molecular flexibility index (Phi) is 5.67. The maximum atomic E-state index is 13.0. The molecule has 2 amide bonds. The van der Waals surface area contributed by atoms with Gasteiger partial charge in [-0.15, -0.1) is 0 Å². The van der Waals surface area contributed by atoms with Crippen molar-refractivity contribution in [1.82, 2.24) is 10.6 Å². The van der Waals surface area contributed by atoms with Crippen LogP contribution >= 0.6 is 0 Å². The van der Waals surface area contributed by atoms with E-state index >= 15 is 0 Å². The van der Waals surface area contributed by atoms with E-state index in [0.717, 1.165) is 0 Å². The van der Waals surface area contributed by atoms with Crippen LogP contribution in [0.2, 0.25) is 0 Å². The normalized spacial score (nSPS) is 24.0. The Morgan fingerprint density at radius 2 is 1.95 bits per heavy atom. The van der Waals surface area contributed by atoms with Crippen LogP contribution in [0.15, 0.2) is 12.2 Å². The lowest BCUT2D eigenvalue weighted by molar-refractivity contribution is -0.159. The number of aliphatic hydroxyl groups excluding tert-OH is 1. The van der Waals surface area contributed by atoms with Crippen LogP contribution in [-0.2, 0) is 0 Å². The first-order valence-electron chi connectivity index (χ1n) is 6.94. The fourth-order valence-electron chi connectivity index (χ4n) is 2.25. The smallest absolute Gasteiger partial charge is 0.396 e. The fourth-order valence-corrected chi connectivity index (χ4v) is 2.25. The number of nitrogens with one attached hydrogen (secondary N) is 2. The third-order valence-electron chi connectivity index (χ3n) is 3.24. The molecule has 122 valence electrons. The standard InChI is InChI=1S/C14H23F3N2O2/c1-13(2,3)7-11(14(15,16)17)19-12(21)18-10-5-4-9(6-10)8-20/h4-5,9-11,20H,6-8H2,1-3H3,(H2,18,19,21)/t9-,10+,11+/m0/s1. The predicted molar refractivity (Wildman–Crippen MR) is 73.7 cm³/mol. The molecule has 3 atom stereocenters. The van der Waals surface area contributed by atoms with Crippen molar-refractivity contribution >= 4 is 6.03 Å². The Hall–Kier alpha value is -1.24. The molecule has 0 bridgehead atoms. The van der Waals surface area contributed by atoms with Gasteiger partial charge in [-0.05, 0) is 18.3 Å². The molecule has 7 heteroatoms. The average Bonchev–Trinajstić information content (AvgIpc) is 2.72. The van der Waals surface area contributed by atoms with Crippen molar-refractivity contribution in [3.63, 3.8) is 0 Å². The third-order valence-corrected chi connectivity index (χ3v) is 3.24. The zero-order chi connectivity index (χ0) is 16.3. The topological polar surface area (TPSA) is 61.4 Å². The summed E-state index contributed by atoms with van der Waals surface area (Å²) < 4.78 is 38.9. The number of rotatable bonds is 4. The Morgan fingerprint density at radius 3 is 2.38 bits per heavy atom. The van der Waals surface area contributed by atoms with Crippen LogP contribution in [0.4, 0.5) is 18.0 Å². The summed E-state index contributed by atoms with van der Waals surface area (Å²) in [5, 5.41) is 13.5. The zero-order valence-corrected chi connectivity index (χ0v) is 12.5. The van der Waals surface area contributed by atoms with Gasteiger partial charge in [-0.3, -0.25) is 0 Å². The highest BCUT2D eigenvalue weighted by Crippen LogP contribution is 2.30. The number of aliphatic hydroxyl groups is 1. The highest BCUT2D eigenvalue weighted by Gasteiger charge is 2.42. The molecule has 0 saturated carbocycles. The molecule has 0 heterocycles. The van der Waals surface area contributed by atoms with Crippen LogP contribution in [0.3, 0.4) is 0 Å². The summed E-state index contributed by atoms with van der Waals surface area (Å²) in [5.41, 5.74) is -0.553. The molecule has 0 aromatic heterocycles. The Morgan fingerprint density at radius 1 is 1.33 bits per heavy atom. The molecule has 0 radical (unpaired) electrons. The Bertz CT molecular complexity index is 389. The molecule has 0 fully saturated rings. The van der Waals surface area contributed by atoms with Crippen LogP contribution in [0.1, 0.15) is 33.6 Å². The van der Waals surface area contributed by atoms with E-state index in [2.05, 4.69) is 5.32 Å². The largest absolute Gasteiger partial charge is 0.408 e. The number of hydrogen-bond donors (Lipinski definition) is 3. The van der Waals surface area contributed by atoms with Gasteiger partial charge in [0.2, 0.25) is 0 Å². The van der Waals surface area contributed by atoms with E-state index in [4.69, 9.17) is 5.11 Å². The highest BCUT2D eigenvalue weighted by molar-refractivity contribution is 5.75. The van der Waals surface area contributed by atoms with Gasteiger partial charge in [-0.1, -0.05) is 32.9 Å². The van der Waals surface area contributed by atoms with E-state index in [-0.39, 0.29) is 25.0 Å². The van der Waals surface area contributed by atoms with Gasteiger partial charge in [0, 0.05) is 18.6 Å². The van der Waals surface area contributed by atoms with Crippen molar-refractivity contribution in [2.24, 2.45) is 11.3 Å². The third kappa shape index (κ3) is 6.37. The molecule has 0 aliphatic heterocycles. The lowest BCUT2D eigenvalue weighted by atomic mass is 9.88. The molecule has 1 aliphatic rings.